The average Bonchev–Trinajstić information content (AvgIpc) is 2.54. The number of rotatable bonds is 7. The Morgan fingerprint density at radius 2 is 2.00 bits per heavy atom. The standard InChI is InChI=1S/C16H26N2O3/c1-18(14-6-8-20-9-7-14)11-15(19)12-21-16-4-2-13(10-17)3-5-16/h2-5,14-15,19H,6-12,17H2,1H3. The van der Waals surface area contributed by atoms with E-state index in [0.717, 1.165) is 37.4 Å². The number of benzene rings is 1. The number of aliphatic hydroxyl groups excluding tert-OH is 1. The van der Waals surface area contributed by atoms with Crippen molar-refractivity contribution in [3.05, 3.63) is 29.8 Å². The van der Waals surface area contributed by atoms with Crippen LogP contribution in [0.5, 0.6) is 5.75 Å². The van der Waals surface area contributed by atoms with Crippen LogP contribution in [0.25, 0.3) is 0 Å². The largest absolute Gasteiger partial charge is 0.491 e. The quantitative estimate of drug-likeness (QED) is 0.785. The van der Waals surface area contributed by atoms with Gasteiger partial charge in [-0.3, -0.25) is 0 Å². The van der Waals surface area contributed by atoms with Gasteiger partial charge in [-0.25, -0.2) is 0 Å². The van der Waals surface area contributed by atoms with E-state index in [9.17, 15) is 5.11 Å². The molecule has 5 heteroatoms. The van der Waals surface area contributed by atoms with E-state index >= 15 is 0 Å². The van der Waals surface area contributed by atoms with E-state index in [1.165, 1.54) is 0 Å². The van der Waals surface area contributed by atoms with Crippen LogP contribution in [0.1, 0.15) is 18.4 Å². The van der Waals surface area contributed by atoms with Crippen LogP contribution in [-0.2, 0) is 11.3 Å². The summed E-state index contributed by atoms with van der Waals surface area (Å²) >= 11 is 0. The Kier molecular flexibility index (Phi) is 6.45. The molecule has 0 bridgehead atoms. The van der Waals surface area contributed by atoms with Crippen molar-refractivity contribution in [2.24, 2.45) is 5.73 Å². The molecule has 5 nitrogen and oxygen atoms in total. The molecule has 0 aromatic heterocycles. The molecule has 0 amide bonds. The minimum Gasteiger partial charge on any atom is -0.491 e. The van der Waals surface area contributed by atoms with Gasteiger partial charge in [0.05, 0.1) is 0 Å². The number of nitrogens with zero attached hydrogens (tertiary/aromatic N) is 1. The molecule has 0 saturated carbocycles. The smallest absolute Gasteiger partial charge is 0.119 e. The van der Waals surface area contributed by atoms with Crippen LogP contribution >= 0.6 is 0 Å². The fourth-order valence-corrected chi connectivity index (χ4v) is 2.57. The van der Waals surface area contributed by atoms with Gasteiger partial charge in [0.25, 0.3) is 0 Å². The van der Waals surface area contributed by atoms with Gasteiger partial charge in [-0.2, -0.15) is 0 Å². The second-order valence-electron chi connectivity index (χ2n) is 5.60. The molecular formula is C16H26N2O3. The van der Waals surface area contributed by atoms with Crippen LogP contribution < -0.4 is 10.5 Å². The lowest BCUT2D eigenvalue weighted by Gasteiger charge is -2.32. The topological polar surface area (TPSA) is 68.0 Å². The third kappa shape index (κ3) is 5.28. The summed E-state index contributed by atoms with van der Waals surface area (Å²) in [6.07, 6.45) is 1.57. The Bertz CT molecular complexity index is 404. The van der Waals surface area contributed by atoms with Crippen molar-refractivity contribution in [2.45, 2.75) is 31.5 Å². The highest BCUT2D eigenvalue weighted by molar-refractivity contribution is 5.27. The zero-order chi connectivity index (χ0) is 15.1. The van der Waals surface area contributed by atoms with Gasteiger partial charge in [0.1, 0.15) is 18.5 Å². The lowest BCUT2D eigenvalue weighted by atomic mass is 10.1. The Morgan fingerprint density at radius 3 is 2.62 bits per heavy atom. The van der Waals surface area contributed by atoms with Gasteiger partial charge in [0, 0.05) is 32.3 Å². The van der Waals surface area contributed by atoms with Gasteiger partial charge in [-0.15, -0.1) is 0 Å². The molecule has 1 heterocycles. The summed E-state index contributed by atoms with van der Waals surface area (Å²) in [5, 5.41) is 10.1. The Hall–Kier alpha value is -1.14. The molecule has 1 fully saturated rings. The van der Waals surface area contributed by atoms with E-state index in [1.807, 2.05) is 24.3 Å². The Labute approximate surface area is 126 Å². The number of likely N-dealkylation sites (N-methyl/N-ethyl adjacent to an activating group) is 1. The molecule has 2 rings (SSSR count). The van der Waals surface area contributed by atoms with Crippen LogP contribution in [0.3, 0.4) is 0 Å². The third-order valence-electron chi connectivity index (χ3n) is 3.91. The molecule has 0 aliphatic carbocycles. The molecule has 118 valence electrons. The minimum atomic E-state index is -0.493. The summed E-state index contributed by atoms with van der Waals surface area (Å²) in [6.45, 7) is 3.07. The zero-order valence-corrected chi connectivity index (χ0v) is 12.7. The fraction of sp³-hybridized carbons (Fsp3) is 0.625. The van der Waals surface area contributed by atoms with Crippen molar-refractivity contribution in [3.8, 4) is 5.75 Å². The third-order valence-corrected chi connectivity index (χ3v) is 3.91. The van der Waals surface area contributed by atoms with Crippen molar-refractivity contribution >= 4 is 0 Å². The summed E-state index contributed by atoms with van der Waals surface area (Å²) in [7, 11) is 2.05. The summed E-state index contributed by atoms with van der Waals surface area (Å²) in [5.74, 6) is 0.764. The molecule has 21 heavy (non-hydrogen) atoms. The Morgan fingerprint density at radius 1 is 1.33 bits per heavy atom. The SMILES string of the molecule is CN(CC(O)COc1ccc(CN)cc1)C1CCOCC1. The van der Waals surface area contributed by atoms with Crippen LogP contribution in [0.2, 0.25) is 0 Å². The van der Waals surface area contributed by atoms with E-state index in [4.69, 9.17) is 15.2 Å². The molecule has 0 spiro atoms. The highest BCUT2D eigenvalue weighted by Gasteiger charge is 2.20. The number of nitrogens with two attached hydrogens (primary N) is 1. The summed E-state index contributed by atoms with van der Waals surface area (Å²) in [6, 6.07) is 8.15. The van der Waals surface area contributed by atoms with E-state index in [0.29, 0.717) is 25.7 Å². The van der Waals surface area contributed by atoms with Crippen LogP contribution in [0.4, 0.5) is 0 Å². The minimum absolute atomic E-state index is 0.301. The highest BCUT2D eigenvalue weighted by Crippen LogP contribution is 2.14. The molecule has 1 saturated heterocycles. The van der Waals surface area contributed by atoms with Crippen molar-refractivity contribution in [1.29, 1.82) is 0 Å². The molecule has 3 N–H and O–H groups in total. The van der Waals surface area contributed by atoms with E-state index < -0.39 is 6.10 Å². The van der Waals surface area contributed by atoms with Gasteiger partial charge >= 0.3 is 0 Å². The molecule has 1 aromatic rings. The van der Waals surface area contributed by atoms with Crippen molar-refractivity contribution in [2.75, 3.05) is 33.4 Å². The van der Waals surface area contributed by atoms with E-state index in [2.05, 4.69) is 11.9 Å². The number of hydrogen-bond donors (Lipinski definition) is 2. The van der Waals surface area contributed by atoms with E-state index in [-0.39, 0.29) is 0 Å². The lowest BCUT2D eigenvalue weighted by molar-refractivity contribution is 0.0159. The molecule has 0 radical (unpaired) electrons. The monoisotopic (exact) mass is 294 g/mol. The number of hydrogen-bond acceptors (Lipinski definition) is 5. The van der Waals surface area contributed by atoms with Gasteiger partial charge in [0.2, 0.25) is 0 Å². The first-order chi connectivity index (χ1) is 10.2. The van der Waals surface area contributed by atoms with Crippen LogP contribution in [0, 0.1) is 0 Å². The molecule has 1 aromatic carbocycles. The molecule has 1 aliphatic heterocycles. The molecular weight excluding hydrogens is 268 g/mol. The van der Waals surface area contributed by atoms with Crippen LogP contribution in [-0.4, -0.2) is 55.6 Å². The number of ether oxygens (including phenoxy) is 2. The molecule has 1 unspecified atom stereocenters. The molecule has 1 aliphatic rings. The van der Waals surface area contributed by atoms with Crippen molar-refractivity contribution in [1.82, 2.24) is 4.90 Å². The summed E-state index contributed by atoms with van der Waals surface area (Å²) < 4.78 is 11.0. The fourth-order valence-electron chi connectivity index (χ4n) is 2.57. The lowest BCUT2D eigenvalue weighted by Crippen LogP contribution is -2.42. The predicted octanol–water partition coefficient (Wildman–Crippen LogP) is 0.996. The maximum atomic E-state index is 10.1. The first kappa shape index (κ1) is 16.2. The zero-order valence-electron chi connectivity index (χ0n) is 12.7. The maximum Gasteiger partial charge on any atom is 0.119 e. The van der Waals surface area contributed by atoms with Gasteiger partial charge < -0.3 is 25.2 Å². The summed E-state index contributed by atoms with van der Waals surface area (Å²) in [4.78, 5) is 2.20. The predicted molar refractivity (Wildman–Crippen MR) is 82.3 cm³/mol. The second kappa shape index (κ2) is 8.34. The van der Waals surface area contributed by atoms with Gasteiger partial charge in [0.15, 0.2) is 0 Å². The Balaban J connectivity index is 1.71. The van der Waals surface area contributed by atoms with Gasteiger partial charge in [-0.05, 0) is 37.6 Å². The van der Waals surface area contributed by atoms with Crippen LogP contribution in [0.15, 0.2) is 24.3 Å². The number of aliphatic hydroxyl groups is 1. The van der Waals surface area contributed by atoms with Crippen molar-refractivity contribution < 1.29 is 14.6 Å². The van der Waals surface area contributed by atoms with Crippen molar-refractivity contribution in [3.63, 3.8) is 0 Å². The summed E-state index contributed by atoms with van der Waals surface area (Å²) in [5.41, 5.74) is 6.62. The van der Waals surface area contributed by atoms with Gasteiger partial charge in [-0.1, -0.05) is 12.1 Å². The normalized spacial score (nSPS) is 17.9. The first-order valence-electron chi connectivity index (χ1n) is 7.57. The highest BCUT2D eigenvalue weighted by atomic mass is 16.5. The first-order valence-corrected chi connectivity index (χ1v) is 7.57. The van der Waals surface area contributed by atoms with E-state index in [1.54, 1.807) is 0 Å². The average molecular weight is 294 g/mol. The molecule has 1 atom stereocenters. The second-order valence-corrected chi connectivity index (χ2v) is 5.60. The maximum absolute atomic E-state index is 10.1.